The molecule has 0 saturated carbocycles. The van der Waals surface area contributed by atoms with E-state index in [0.717, 1.165) is 26.6 Å². The molecule has 7 heteroatoms. The highest BCUT2D eigenvalue weighted by molar-refractivity contribution is 9.10. The minimum atomic E-state index is -1.30. The van der Waals surface area contributed by atoms with E-state index in [0.29, 0.717) is 25.7 Å². The number of para-hydroxylation sites is 1. The number of piperidine rings is 2. The van der Waals surface area contributed by atoms with Crippen LogP contribution in [-0.2, 0) is 16.6 Å². The lowest BCUT2D eigenvalue weighted by Gasteiger charge is -2.64. The van der Waals surface area contributed by atoms with Crippen LogP contribution in [0.4, 0.5) is 0 Å². The molecule has 3 aliphatic rings. The quantitative estimate of drug-likeness (QED) is 0.510. The van der Waals surface area contributed by atoms with Gasteiger partial charge in [0.25, 0.3) is 0 Å². The summed E-state index contributed by atoms with van der Waals surface area (Å²) in [5.74, 6) is -0.0498. The molecule has 0 spiro atoms. The van der Waals surface area contributed by atoms with Crippen molar-refractivity contribution < 1.29 is 15.0 Å². The molecule has 1 aromatic heterocycles. The second-order valence-electron chi connectivity index (χ2n) is 10.0. The predicted octanol–water partition coefficient (Wildman–Crippen LogP) is 2.60. The minimum absolute atomic E-state index is 0.0498. The Bertz CT molecular complexity index is 1050. The van der Waals surface area contributed by atoms with Crippen LogP contribution in [0.15, 0.2) is 22.7 Å². The SMILES string of the molecule is CN[C@@]12Cc3c([nH]c4c(Br)cccc34)C(C)(C)[C@@]1(O)C[C@H]1C[C@H](O)C[C@H](C)N1C2=O. The maximum absolute atomic E-state index is 14.1. The zero-order chi connectivity index (χ0) is 21.6. The van der Waals surface area contributed by atoms with Crippen molar-refractivity contribution in [2.45, 2.75) is 81.2 Å². The number of fused-ring (bicyclic) bond motifs is 5. The van der Waals surface area contributed by atoms with Crippen LogP contribution in [-0.4, -0.2) is 62.4 Å². The van der Waals surface area contributed by atoms with Crippen molar-refractivity contribution in [2.24, 2.45) is 0 Å². The van der Waals surface area contributed by atoms with Crippen LogP contribution < -0.4 is 5.32 Å². The fourth-order valence-corrected chi connectivity index (χ4v) is 7.16. The third-order valence-electron chi connectivity index (χ3n) is 8.28. The molecule has 2 aliphatic heterocycles. The monoisotopic (exact) mass is 475 g/mol. The van der Waals surface area contributed by atoms with Gasteiger partial charge in [0, 0.05) is 39.5 Å². The number of aliphatic hydroxyl groups is 2. The van der Waals surface area contributed by atoms with Gasteiger partial charge in [0.05, 0.1) is 11.6 Å². The van der Waals surface area contributed by atoms with Gasteiger partial charge in [0.2, 0.25) is 5.91 Å². The lowest BCUT2D eigenvalue weighted by atomic mass is 9.51. The van der Waals surface area contributed by atoms with Gasteiger partial charge < -0.3 is 25.4 Å². The van der Waals surface area contributed by atoms with Crippen molar-refractivity contribution in [1.82, 2.24) is 15.2 Å². The molecule has 4 N–H and O–H groups in total. The molecule has 2 aromatic rings. The Morgan fingerprint density at radius 3 is 2.73 bits per heavy atom. The molecule has 2 fully saturated rings. The second kappa shape index (κ2) is 6.31. The number of hydrogen-bond acceptors (Lipinski definition) is 4. The first kappa shape index (κ1) is 20.5. The topological polar surface area (TPSA) is 88.6 Å². The average molecular weight is 476 g/mol. The number of H-pyrrole nitrogens is 1. The van der Waals surface area contributed by atoms with E-state index in [2.05, 4.69) is 32.3 Å². The van der Waals surface area contributed by atoms with Crippen LogP contribution in [0.25, 0.3) is 10.9 Å². The molecule has 1 aliphatic carbocycles. The van der Waals surface area contributed by atoms with Gasteiger partial charge in [-0.2, -0.15) is 0 Å². The molecule has 5 atom stereocenters. The summed E-state index contributed by atoms with van der Waals surface area (Å²) in [4.78, 5) is 19.6. The Hall–Kier alpha value is -1.41. The van der Waals surface area contributed by atoms with Crippen molar-refractivity contribution in [3.63, 3.8) is 0 Å². The highest BCUT2D eigenvalue weighted by Gasteiger charge is 2.71. The largest absolute Gasteiger partial charge is 0.393 e. The van der Waals surface area contributed by atoms with E-state index in [1.165, 1.54) is 0 Å². The summed E-state index contributed by atoms with van der Waals surface area (Å²) >= 11 is 3.65. The van der Waals surface area contributed by atoms with Crippen molar-refractivity contribution in [3.05, 3.63) is 33.9 Å². The Morgan fingerprint density at radius 1 is 1.30 bits per heavy atom. The number of hydrogen-bond donors (Lipinski definition) is 4. The summed E-state index contributed by atoms with van der Waals surface area (Å²) in [7, 11) is 1.79. The van der Waals surface area contributed by atoms with Gasteiger partial charge in [-0.3, -0.25) is 4.79 Å². The Balaban J connectivity index is 1.76. The predicted molar refractivity (Wildman–Crippen MR) is 119 cm³/mol. The van der Waals surface area contributed by atoms with Gasteiger partial charge in [-0.25, -0.2) is 0 Å². The van der Waals surface area contributed by atoms with Crippen molar-refractivity contribution in [2.75, 3.05) is 7.05 Å². The molecule has 30 heavy (non-hydrogen) atoms. The average Bonchev–Trinajstić information content (AvgIpc) is 3.04. The maximum Gasteiger partial charge on any atom is 0.246 e. The van der Waals surface area contributed by atoms with E-state index in [1.807, 2.05) is 37.8 Å². The number of benzene rings is 1. The molecule has 0 radical (unpaired) electrons. The van der Waals surface area contributed by atoms with E-state index in [9.17, 15) is 15.0 Å². The van der Waals surface area contributed by atoms with Crippen LogP contribution in [0.1, 0.15) is 51.3 Å². The number of carbonyl (C=O) groups is 1. The number of nitrogens with one attached hydrogen (secondary N) is 2. The van der Waals surface area contributed by atoms with E-state index < -0.39 is 22.7 Å². The van der Waals surface area contributed by atoms with Crippen molar-refractivity contribution >= 4 is 32.7 Å². The lowest BCUT2D eigenvalue weighted by Crippen LogP contribution is -2.83. The van der Waals surface area contributed by atoms with Crippen molar-refractivity contribution in [1.29, 1.82) is 0 Å². The number of carbonyl (C=O) groups excluding carboxylic acids is 1. The van der Waals surface area contributed by atoms with E-state index in [4.69, 9.17) is 0 Å². The van der Waals surface area contributed by atoms with Crippen LogP contribution in [0.5, 0.6) is 0 Å². The highest BCUT2D eigenvalue weighted by Crippen LogP contribution is 2.56. The second-order valence-corrected chi connectivity index (χ2v) is 10.9. The molecule has 1 aromatic carbocycles. The van der Waals surface area contributed by atoms with E-state index in [1.54, 1.807) is 7.05 Å². The number of halogens is 1. The Labute approximate surface area is 185 Å². The number of aromatic nitrogens is 1. The molecule has 3 heterocycles. The molecular formula is C23H30BrN3O3. The molecule has 1 amide bonds. The third-order valence-corrected chi connectivity index (χ3v) is 8.94. The van der Waals surface area contributed by atoms with Crippen LogP contribution in [0, 0.1) is 0 Å². The summed E-state index contributed by atoms with van der Waals surface area (Å²) < 4.78 is 0.971. The summed E-state index contributed by atoms with van der Waals surface area (Å²) in [6.45, 7) is 6.07. The first-order chi connectivity index (χ1) is 14.1. The van der Waals surface area contributed by atoms with Crippen LogP contribution >= 0.6 is 15.9 Å². The van der Waals surface area contributed by atoms with Crippen LogP contribution in [0.2, 0.25) is 0 Å². The van der Waals surface area contributed by atoms with E-state index >= 15 is 0 Å². The fourth-order valence-electron chi connectivity index (χ4n) is 6.69. The molecular weight excluding hydrogens is 446 g/mol. The lowest BCUT2D eigenvalue weighted by molar-refractivity contribution is -0.198. The standard InChI is InChI=1S/C23H30BrN3O3/c1-12-8-14(28)9-13-10-23(30)21(2,3)19-16(11-22(23,25-4)20(29)27(12)13)15-6-5-7-17(24)18(15)26-19/h5-7,12-14,25-26,28,30H,8-11H2,1-4H3/t12-,13+,14+,22+,23-/m0/s1. The normalized spacial score (nSPS) is 37.6. The first-order valence-electron chi connectivity index (χ1n) is 10.8. The van der Waals surface area contributed by atoms with Gasteiger partial charge in [-0.15, -0.1) is 0 Å². The van der Waals surface area contributed by atoms with Gasteiger partial charge in [-0.1, -0.05) is 26.0 Å². The third kappa shape index (κ3) is 2.27. The number of aromatic amines is 1. The number of aliphatic hydroxyl groups excluding tert-OH is 1. The van der Waals surface area contributed by atoms with Crippen molar-refractivity contribution in [3.8, 4) is 0 Å². The smallest absolute Gasteiger partial charge is 0.246 e. The zero-order valence-electron chi connectivity index (χ0n) is 17.9. The molecule has 5 rings (SSSR count). The summed E-state index contributed by atoms with van der Waals surface area (Å²) in [6.07, 6.45) is 1.51. The van der Waals surface area contributed by atoms with Gasteiger partial charge in [0.15, 0.2) is 0 Å². The molecule has 162 valence electrons. The molecule has 2 saturated heterocycles. The van der Waals surface area contributed by atoms with Gasteiger partial charge in [0.1, 0.15) is 11.1 Å². The Morgan fingerprint density at radius 2 is 2.03 bits per heavy atom. The zero-order valence-corrected chi connectivity index (χ0v) is 19.5. The number of amides is 1. The van der Waals surface area contributed by atoms with Gasteiger partial charge >= 0.3 is 0 Å². The Kier molecular flexibility index (Phi) is 4.31. The first-order valence-corrected chi connectivity index (χ1v) is 11.6. The number of rotatable bonds is 1. The summed E-state index contributed by atoms with van der Waals surface area (Å²) in [5.41, 5.74) is -0.0404. The highest BCUT2D eigenvalue weighted by atomic mass is 79.9. The van der Waals surface area contributed by atoms with E-state index in [-0.39, 0.29) is 18.0 Å². The van der Waals surface area contributed by atoms with Crippen LogP contribution in [0.3, 0.4) is 0 Å². The molecule has 0 unspecified atom stereocenters. The fraction of sp³-hybridized carbons (Fsp3) is 0.609. The molecule has 6 nitrogen and oxygen atoms in total. The summed E-state index contributed by atoms with van der Waals surface area (Å²) in [6, 6.07) is 5.87. The minimum Gasteiger partial charge on any atom is -0.393 e. The molecule has 0 bridgehead atoms. The maximum atomic E-state index is 14.1. The van der Waals surface area contributed by atoms with Gasteiger partial charge in [-0.05, 0) is 60.8 Å². The summed E-state index contributed by atoms with van der Waals surface area (Å²) in [5, 5.41) is 27.1. The number of likely N-dealkylation sites (N-methyl/N-ethyl adjacent to an activating group) is 1. The number of nitrogens with zero attached hydrogens (tertiary/aromatic N) is 1.